The standard InChI is InChI=1S/C19H28N4O2S/c1-19(7-8-19)20-26-16-5-4-15-6-9-23(17(15)12-16)18(25)13-21(2)10-11-22(3)14-24/h4-5,12,14,20H,6-11,13H2,1-3H3. The number of amides is 2. The minimum absolute atomic E-state index is 0.115. The fourth-order valence-electron chi connectivity index (χ4n) is 2.93. The Morgan fingerprint density at radius 3 is 2.81 bits per heavy atom. The Morgan fingerprint density at radius 1 is 1.35 bits per heavy atom. The van der Waals surface area contributed by atoms with Gasteiger partial charge in [-0.25, -0.2) is 0 Å². The van der Waals surface area contributed by atoms with Gasteiger partial charge in [0, 0.05) is 42.8 Å². The maximum atomic E-state index is 12.7. The fraction of sp³-hybridized carbons (Fsp3) is 0.579. The second kappa shape index (κ2) is 7.98. The van der Waals surface area contributed by atoms with Crippen LogP contribution in [0.1, 0.15) is 25.3 Å². The van der Waals surface area contributed by atoms with Crippen LogP contribution in [0.2, 0.25) is 0 Å². The van der Waals surface area contributed by atoms with Crippen molar-refractivity contribution in [2.24, 2.45) is 0 Å². The number of likely N-dealkylation sites (N-methyl/N-ethyl adjacent to an activating group) is 2. The second-order valence-electron chi connectivity index (χ2n) is 7.67. The van der Waals surface area contributed by atoms with Gasteiger partial charge in [-0.2, -0.15) is 0 Å². The number of carbonyl (C=O) groups is 2. The summed E-state index contributed by atoms with van der Waals surface area (Å²) in [6.45, 7) is 4.64. The van der Waals surface area contributed by atoms with Gasteiger partial charge in [0.25, 0.3) is 0 Å². The maximum absolute atomic E-state index is 12.7. The molecule has 1 saturated carbocycles. The first-order valence-corrected chi connectivity index (χ1v) is 9.93. The van der Waals surface area contributed by atoms with Crippen molar-refractivity contribution >= 4 is 30.0 Å². The molecule has 3 rings (SSSR count). The largest absolute Gasteiger partial charge is 0.347 e. The quantitative estimate of drug-likeness (QED) is 0.526. The SMILES string of the molecule is CN(C=O)CCN(C)CC(=O)N1CCc2ccc(SNC3(C)CC3)cc21. The van der Waals surface area contributed by atoms with E-state index in [1.807, 2.05) is 16.8 Å². The van der Waals surface area contributed by atoms with Crippen molar-refractivity contribution in [1.29, 1.82) is 0 Å². The smallest absolute Gasteiger partial charge is 0.241 e. The van der Waals surface area contributed by atoms with Crippen LogP contribution in [0.25, 0.3) is 0 Å². The summed E-state index contributed by atoms with van der Waals surface area (Å²) >= 11 is 1.66. The van der Waals surface area contributed by atoms with E-state index in [9.17, 15) is 9.59 Å². The van der Waals surface area contributed by atoms with Crippen LogP contribution < -0.4 is 9.62 Å². The average molecular weight is 377 g/mol. The number of anilines is 1. The Kier molecular flexibility index (Phi) is 5.89. The molecule has 2 aliphatic rings. The molecule has 142 valence electrons. The first-order valence-electron chi connectivity index (χ1n) is 9.12. The molecule has 1 aromatic rings. The Labute approximate surface area is 160 Å². The van der Waals surface area contributed by atoms with E-state index in [1.54, 1.807) is 23.9 Å². The van der Waals surface area contributed by atoms with Crippen LogP contribution in [0.3, 0.4) is 0 Å². The number of fused-ring (bicyclic) bond motifs is 1. The van der Waals surface area contributed by atoms with E-state index >= 15 is 0 Å². The van der Waals surface area contributed by atoms with Crippen molar-refractivity contribution in [3.05, 3.63) is 23.8 Å². The molecule has 0 spiro atoms. The highest BCUT2D eigenvalue weighted by molar-refractivity contribution is 7.97. The van der Waals surface area contributed by atoms with Crippen molar-refractivity contribution in [2.45, 2.75) is 36.6 Å². The number of benzene rings is 1. The molecule has 2 amide bonds. The summed E-state index contributed by atoms with van der Waals surface area (Å²) in [6.07, 6.45) is 4.17. The van der Waals surface area contributed by atoms with Crippen LogP contribution in [0, 0.1) is 0 Å². The van der Waals surface area contributed by atoms with Gasteiger partial charge in [0.05, 0.1) is 6.54 Å². The Balaban J connectivity index is 1.58. The molecule has 0 unspecified atom stereocenters. The molecule has 1 aliphatic heterocycles. The number of carbonyl (C=O) groups excluding carboxylic acids is 2. The molecule has 26 heavy (non-hydrogen) atoms. The third-order valence-electron chi connectivity index (χ3n) is 5.09. The monoisotopic (exact) mass is 376 g/mol. The molecule has 0 radical (unpaired) electrons. The number of hydrogen-bond acceptors (Lipinski definition) is 5. The first kappa shape index (κ1) is 19.2. The van der Waals surface area contributed by atoms with Crippen molar-refractivity contribution in [3.8, 4) is 0 Å². The maximum Gasteiger partial charge on any atom is 0.241 e. The topological polar surface area (TPSA) is 55.9 Å². The van der Waals surface area contributed by atoms with Gasteiger partial charge in [-0.1, -0.05) is 6.07 Å². The zero-order valence-electron chi connectivity index (χ0n) is 15.8. The second-order valence-corrected chi connectivity index (χ2v) is 8.55. The zero-order chi connectivity index (χ0) is 18.7. The van der Waals surface area contributed by atoms with Gasteiger partial charge in [0.1, 0.15) is 0 Å². The third kappa shape index (κ3) is 4.78. The number of rotatable bonds is 9. The summed E-state index contributed by atoms with van der Waals surface area (Å²) in [7, 11) is 3.66. The molecular formula is C19H28N4O2S. The van der Waals surface area contributed by atoms with Gasteiger partial charge in [-0.3, -0.25) is 19.2 Å². The number of nitrogens with zero attached hydrogens (tertiary/aromatic N) is 3. The van der Waals surface area contributed by atoms with Crippen LogP contribution >= 0.6 is 11.9 Å². The van der Waals surface area contributed by atoms with Gasteiger partial charge in [-0.15, -0.1) is 0 Å². The van der Waals surface area contributed by atoms with Crippen LogP contribution in [-0.2, 0) is 16.0 Å². The van der Waals surface area contributed by atoms with Gasteiger partial charge < -0.3 is 9.80 Å². The summed E-state index contributed by atoms with van der Waals surface area (Å²) in [4.78, 5) is 30.0. The molecule has 7 heteroatoms. The van der Waals surface area contributed by atoms with Crippen molar-refractivity contribution in [2.75, 3.05) is 45.2 Å². The van der Waals surface area contributed by atoms with Crippen LogP contribution in [0.5, 0.6) is 0 Å². The van der Waals surface area contributed by atoms with E-state index in [2.05, 4.69) is 29.8 Å². The van der Waals surface area contributed by atoms with Gasteiger partial charge >= 0.3 is 0 Å². The minimum atomic E-state index is 0.115. The summed E-state index contributed by atoms with van der Waals surface area (Å²) in [5.74, 6) is 0.115. The molecule has 1 N–H and O–H groups in total. The fourth-order valence-corrected chi connectivity index (χ4v) is 3.80. The average Bonchev–Trinajstić information content (AvgIpc) is 3.21. The van der Waals surface area contributed by atoms with E-state index in [-0.39, 0.29) is 11.4 Å². The molecule has 0 aromatic heterocycles. The van der Waals surface area contributed by atoms with E-state index in [1.165, 1.54) is 18.4 Å². The van der Waals surface area contributed by atoms with Crippen molar-refractivity contribution in [1.82, 2.24) is 14.5 Å². The molecular weight excluding hydrogens is 348 g/mol. The lowest BCUT2D eigenvalue weighted by Crippen LogP contribution is -2.40. The van der Waals surface area contributed by atoms with Gasteiger partial charge in [0.2, 0.25) is 12.3 Å². The molecule has 1 heterocycles. The molecule has 1 fully saturated rings. The van der Waals surface area contributed by atoms with Crippen LogP contribution in [0.4, 0.5) is 5.69 Å². The highest BCUT2D eigenvalue weighted by Crippen LogP contribution is 2.39. The van der Waals surface area contributed by atoms with Crippen molar-refractivity contribution < 1.29 is 9.59 Å². The number of hydrogen-bond donors (Lipinski definition) is 1. The van der Waals surface area contributed by atoms with Crippen LogP contribution in [0.15, 0.2) is 23.1 Å². The molecule has 1 aromatic carbocycles. The van der Waals surface area contributed by atoms with E-state index in [4.69, 9.17) is 0 Å². The van der Waals surface area contributed by atoms with Crippen molar-refractivity contribution in [3.63, 3.8) is 0 Å². The summed E-state index contributed by atoms with van der Waals surface area (Å²) < 4.78 is 3.52. The predicted molar refractivity (Wildman–Crippen MR) is 105 cm³/mol. The first-order chi connectivity index (χ1) is 12.4. The highest BCUT2D eigenvalue weighted by Gasteiger charge is 2.37. The number of nitrogens with one attached hydrogen (secondary N) is 1. The Bertz CT molecular complexity index is 678. The lowest BCUT2D eigenvalue weighted by Gasteiger charge is -2.23. The molecule has 0 saturated heterocycles. The normalized spacial score (nSPS) is 17.3. The molecule has 6 nitrogen and oxygen atoms in total. The van der Waals surface area contributed by atoms with Gasteiger partial charge in [-0.05, 0) is 62.9 Å². The molecule has 0 bridgehead atoms. The lowest BCUT2D eigenvalue weighted by molar-refractivity contribution is -0.119. The third-order valence-corrected chi connectivity index (χ3v) is 6.17. The predicted octanol–water partition coefficient (Wildman–Crippen LogP) is 1.74. The van der Waals surface area contributed by atoms with Gasteiger partial charge in [0.15, 0.2) is 0 Å². The molecule has 1 aliphatic carbocycles. The summed E-state index contributed by atoms with van der Waals surface area (Å²) in [6, 6.07) is 6.41. The lowest BCUT2D eigenvalue weighted by atomic mass is 10.2. The Morgan fingerprint density at radius 2 is 2.12 bits per heavy atom. The summed E-state index contributed by atoms with van der Waals surface area (Å²) in [5.41, 5.74) is 2.56. The zero-order valence-corrected chi connectivity index (χ0v) is 16.6. The van der Waals surface area contributed by atoms with E-state index in [0.29, 0.717) is 19.6 Å². The van der Waals surface area contributed by atoms with E-state index < -0.39 is 0 Å². The minimum Gasteiger partial charge on any atom is -0.347 e. The highest BCUT2D eigenvalue weighted by atomic mass is 32.2. The molecule has 0 atom stereocenters. The Hall–Kier alpha value is -1.57. The summed E-state index contributed by atoms with van der Waals surface area (Å²) in [5, 5.41) is 0. The van der Waals surface area contributed by atoms with E-state index in [0.717, 1.165) is 30.0 Å². The van der Waals surface area contributed by atoms with Crippen LogP contribution in [-0.4, -0.2) is 67.9 Å².